The molecule has 3 N–H and O–H groups in total. The quantitative estimate of drug-likeness (QED) is 0.0553. The van der Waals surface area contributed by atoms with E-state index >= 15 is 0 Å². The predicted octanol–water partition coefficient (Wildman–Crippen LogP) is 14.5. The van der Waals surface area contributed by atoms with E-state index in [2.05, 4.69) is 19.2 Å². The van der Waals surface area contributed by atoms with Crippen LogP contribution in [0.25, 0.3) is 0 Å². The molecule has 4 heteroatoms. The average Bonchev–Trinajstić information content (AvgIpc) is 3.12. The van der Waals surface area contributed by atoms with Crippen molar-refractivity contribution in [2.75, 3.05) is 6.61 Å². The van der Waals surface area contributed by atoms with Crippen molar-refractivity contribution in [2.45, 2.75) is 283 Å². The SMILES string of the molecule is CCCCCCCCCCCCCCCCCCCCCCCCC(=O)NC(CO)C(O)CCCCCCCCCCCCCCCCCC. The summed E-state index contributed by atoms with van der Waals surface area (Å²) in [5.41, 5.74) is 0. The van der Waals surface area contributed by atoms with Crippen LogP contribution in [-0.4, -0.2) is 34.9 Å². The molecular formula is C46H93NO3. The van der Waals surface area contributed by atoms with Crippen molar-refractivity contribution >= 4 is 5.91 Å². The Hall–Kier alpha value is -0.610. The van der Waals surface area contributed by atoms with Crippen LogP contribution in [0.5, 0.6) is 0 Å². The zero-order valence-corrected chi connectivity index (χ0v) is 34.4. The number of aliphatic hydroxyl groups excluding tert-OH is 2. The number of carbonyl (C=O) groups excluding carboxylic acids is 1. The maximum Gasteiger partial charge on any atom is 0.220 e. The predicted molar refractivity (Wildman–Crippen MR) is 221 cm³/mol. The van der Waals surface area contributed by atoms with Gasteiger partial charge in [0.15, 0.2) is 0 Å². The van der Waals surface area contributed by atoms with E-state index in [1.165, 1.54) is 218 Å². The molecule has 0 aliphatic heterocycles. The van der Waals surface area contributed by atoms with Gasteiger partial charge in [0.25, 0.3) is 0 Å². The number of carbonyl (C=O) groups is 1. The number of hydrogen-bond donors (Lipinski definition) is 3. The fraction of sp³-hybridized carbons (Fsp3) is 0.978. The second-order valence-electron chi connectivity index (χ2n) is 16.2. The third-order valence-corrected chi connectivity index (χ3v) is 11.1. The first-order valence-corrected chi connectivity index (χ1v) is 23.2. The highest BCUT2D eigenvalue weighted by Crippen LogP contribution is 2.17. The van der Waals surface area contributed by atoms with E-state index in [9.17, 15) is 15.0 Å². The monoisotopic (exact) mass is 708 g/mol. The van der Waals surface area contributed by atoms with E-state index in [0.29, 0.717) is 12.8 Å². The van der Waals surface area contributed by atoms with E-state index in [1.807, 2.05) is 0 Å². The number of rotatable bonds is 43. The number of unbranched alkanes of at least 4 members (excludes halogenated alkanes) is 36. The summed E-state index contributed by atoms with van der Waals surface area (Å²) in [4.78, 5) is 12.4. The summed E-state index contributed by atoms with van der Waals surface area (Å²) in [5, 5.41) is 23.2. The molecule has 4 nitrogen and oxygen atoms in total. The second kappa shape index (κ2) is 42.8. The Morgan fingerprint density at radius 2 is 0.640 bits per heavy atom. The molecule has 0 spiro atoms. The first-order valence-electron chi connectivity index (χ1n) is 23.2. The zero-order valence-electron chi connectivity index (χ0n) is 34.4. The maximum absolute atomic E-state index is 12.4. The second-order valence-corrected chi connectivity index (χ2v) is 16.2. The summed E-state index contributed by atoms with van der Waals surface area (Å²) in [5.74, 6) is -0.0248. The molecule has 1 amide bonds. The standard InChI is InChI=1S/C46H93NO3/c1-3-5-7-9-11-13-15-17-19-21-22-23-24-25-26-28-30-32-34-36-38-40-42-46(50)47-44(43-48)45(49)41-39-37-35-33-31-29-27-20-18-16-14-12-10-8-6-4-2/h44-45,48-49H,3-43H2,1-2H3,(H,47,50). The summed E-state index contributed by atoms with van der Waals surface area (Å²) in [6, 6.07) is -0.529. The Morgan fingerprint density at radius 3 is 0.900 bits per heavy atom. The van der Waals surface area contributed by atoms with Gasteiger partial charge in [-0.15, -0.1) is 0 Å². The third-order valence-electron chi connectivity index (χ3n) is 11.1. The minimum Gasteiger partial charge on any atom is -0.394 e. The van der Waals surface area contributed by atoms with Crippen LogP contribution in [0.1, 0.15) is 271 Å². The van der Waals surface area contributed by atoms with Crippen molar-refractivity contribution < 1.29 is 15.0 Å². The zero-order chi connectivity index (χ0) is 36.4. The molecule has 0 saturated heterocycles. The highest BCUT2D eigenvalue weighted by molar-refractivity contribution is 5.76. The van der Waals surface area contributed by atoms with Gasteiger partial charge in [-0.05, 0) is 12.8 Å². The van der Waals surface area contributed by atoms with Crippen LogP contribution in [0.15, 0.2) is 0 Å². The van der Waals surface area contributed by atoms with Crippen LogP contribution in [0.4, 0.5) is 0 Å². The van der Waals surface area contributed by atoms with Crippen LogP contribution in [0.2, 0.25) is 0 Å². The Bertz CT molecular complexity index is 641. The molecule has 0 saturated carbocycles. The number of hydrogen-bond acceptors (Lipinski definition) is 3. The lowest BCUT2D eigenvalue weighted by Crippen LogP contribution is -2.45. The van der Waals surface area contributed by atoms with Gasteiger partial charge in [0.05, 0.1) is 18.8 Å². The van der Waals surface area contributed by atoms with Crippen LogP contribution in [-0.2, 0) is 4.79 Å². The molecule has 0 aromatic rings. The minimum atomic E-state index is -0.653. The van der Waals surface area contributed by atoms with E-state index in [1.54, 1.807) is 0 Å². The Balaban J connectivity index is 3.44. The molecule has 0 aliphatic carbocycles. The number of nitrogens with one attached hydrogen (secondary N) is 1. The van der Waals surface area contributed by atoms with Crippen molar-refractivity contribution in [2.24, 2.45) is 0 Å². The molecule has 50 heavy (non-hydrogen) atoms. The van der Waals surface area contributed by atoms with Crippen LogP contribution < -0.4 is 5.32 Å². The van der Waals surface area contributed by atoms with Crippen molar-refractivity contribution in [3.8, 4) is 0 Å². The Labute approximate surface area is 314 Å². The van der Waals surface area contributed by atoms with E-state index in [0.717, 1.165) is 25.7 Å². The number of aliphatic hydroxyl groups is 2. The van der Waals surface area contributed by atoms with Crippen molar-refractivity contribution in [1.82, 2.24) is 5.32 Å². The molecule has 0 bridgehead atoms. The van der Waals surface area contributed by atoms with Crippen LogP contribution in [0, 0.1) is 0 Å². The van der Waals surface area contributed by atoms with E-state index < -0.39 is 12.1 Å². The number of amides is 1. The topological polar surface area (TPSA) is 69.6 Å². The fourth-order valence-electron chi connectivity index (χ4n) is 7.54. The summed E-state index contributed by atoms with van der Waals surface area (Å²) < 4.78 is 0. The lowest BCUT2D eigenvalue weighted by molar-refractivity contribution is -0.123. The fourth-order valence-corrected chi connectivity index (χ4v) is 7.54. The summed E-state index contributed by atoms with van der Waals surface area (Å²) in [7, 11) is 0. The van der Waals surface area contributed by atoms with Gasteiger partial charge in [0, 0.05) is 6.42 Å². The van der Waals surface area contributed by atoms with Crippen LogP contribution in [0.3, 0.4) is 0 Å². The maximum atomic E-state index is 12.4. The highest BCUT2D eigenvalue weighted by atomic mass is 16.3. The van der Waals surface area contributed by atoms with Gasteiger partial charge in [0.1, 0.15) is 0 Å². The van der Waals surface area contributed by atoms with Gasteiger partial charge in [-0.25, -0.2) is 0 Å². The van der Waals surface area contributed by atoms with E-state index in [-0.39, 0.29) is 12.5 Å². The molecule has 0 radical (unpaired) electrons. The summed E-state index contributed by atoms with van der Waals surface area (Å²) in [6.45, 7) is 4.39. The molecule has 0 aromatic heterocycles. The van der Waals surface area contributed by atoms with Gasteiger partial charge >= 0.3 is 0 Å². The van der Waals surface area contributed by atoms with Crippen molar-refractivity contribution in [3.63, 3.8) is 0 Å². The van der Waals surface area contributed by atoms with Crippen molar-refractivity contribution in [1.29, 1.82) is 0 Å². The van der Waals surface area contributed by atoms with Gasteiger partial charge in [-0.3, -0.25) is 4.79 Å². The molecule has 0 fully saturated rings. The molecule has 300 valence electrons. The Morgan fingerprint density at radius 1 is 0.400 bits per heavy atom. The van der Waals surface area contributed by atoms with Gasteiger partial charge in [-0.1, -0.05) is 251 Å². The Kier molecular flexibility index (Phi) is 42.3. The molecular weight excluding hydrogens is 615 g/mol. The van der Waals surface area contributed by atoms with Crippen molar-refractivity contribution in [3.05, 3.63) is 0 Å². The summed E-state index contributed by atoms with van der Waals surface area (Å²) in [6.07, 6.45) is 51.9. The smallest absolute Gasteiger partial charge is 0.220 e. The average molecular weight is 708 g/mol. The van der Waals surface area contributed by atoms with E-state index in [4.69, 9.17) is 0 Å². The van der Waals surface area contributed by atoms with Gasteiger partial charge in [0.2, 0.25) is 5.91 Å². The molecule has 0 rings (SSSR count). The first-order chi connectivity index (χ1) is 24.7. The first kappa shape index (κ1) is 49.4. The lowest BCUT2D eigenvalue weighted by Gasteiger charge is -2.22. The molecule has 2 unspecified atom stereocenters. The molecule has 0 aliphatic rings. The van der Waals surface area contributed by atoms with Crippen LogP contribution >= 0.6 is 0 Å². The molecule has 0 heterocycles. The highest BCUT2D eigenvalue weighted by Gasteiger charge is 2.20. The minimum absolute atomic E-state index is 0.0248. The lowest BCUT2D eigenvalue weighted by atomic mass is 10.0. The molecule has 0 aromatic carbocycles. The normalized spacial score (nSPS) is 12.8. The third kappa shape index (κ3) is 38.6. The largest absolute Gasteiger partial charge is 0.394 e. The molecule has 2 atom stereocenters. The summed E-state index contributed by atoms with van der Waals surface area (Å²) >= 11 is 0. The van der Waals surface area contributed by atoms with Gasteiger partial charge < -0.3 is 15.5 Å². The van der Waals surface area contributed by atoms with Gasteiger partial charge in [-0.2, -0.15) is 0 Å².